The number of thiophene rings is 1. The van der Waals surface area contributed by atoms with E-state index in [1.54, 1.807) is 15.9 Å². The van der Waals surface area contributed by atoms with Gasteiger partial charge in [-0.25, -0.2) is 4.98 Å². The molecule has 1 aliphatic carbocycles. The van der Waals surface area contributed by atoms with Crippen molar-refractivity contribution in [3.05, 3.63) is 104 Å². The first-order valence-corrected chi connectivity index (χ1v) is 11.9. The first-order valence-electron chi connectivity index (χ1n) is 11.0. The summed E-state index contributed by atoms with van der Waals surface area (Å²) in [6.45, 7) is 3.98. The summed E-state index contributed by atoms with van der Waals surface area (Å²) in [5.41, 5.74) is 6.30. The third-order valence-corrected chi connectivity index (χ3v) is 7.19. The minimum atomic E-state index is -0.339. The van der Waals surface area contributed by atoms with Gasteiger partial charge in [0.2, 0.25) is 0 Å². The van der Waals surface area contributed by atoms with Crippen LogP contribution in [0.5, 0.6) is 0 Å². The highest BCUT2D eigenvalue weighted by Crippen LogP contribution is 2.40. The van der Waals surface area contributed by atoms with E-state index in [0.717, 1.165) is 32.9 Å². The van der Waals surface area contributed by atoms with E-state index in [1.807, 2.05) is 47.7 Å². The van der Waals surface area contributed by atoms with Gasteiger partial charge in [0, 0.05) is 34.9 Å². The molecule has 1 aromatic carbocycles. The Hall–Kier alpha value is -2.96. The summed E-state index contributed by atoms with van der Waals surface area (Å²) < 4.78 is 3.78. The molecule has 6 heteroatoms. The number of aryl methyl sites for hydroxylation is 2. The molecular formula is C26H27N3O2S. The summed E-state index contributed by atoms with van der Waals surface area (Å²) >= 11 is 1.57. The molecule has 1 atom stereocenters. The highest BCUT2D eigenvalue weighted by atomic mass is 32.1. The molecular weight excluding hydrogens is 418 g/mol. The lowest BCUT2D eigenvalue weighted by molar-refractivity contribution is 0.248. The zero-order chi connectivity index (χ0) is 22.2. The zero-order valence-electron chi connectivity index (χ0n) is 18.4. The van der Waals surface area contributed by atoms with Crippen molar-refractivity contribution < 1.29 is 5.11 Å². The minimum Gasteiger partial charge on any atom is -0.394 e. The lowest BCUT2D eigenvalue weighted by Crippen LogP contribution is -2.30. The van der Waals surface area contributed by atoms with Crippen LogP contribution < -0.4 is 5.56 Å². The molecule has 5 nitrogen and oxygen atoms in total. The predicted octanol–water partition coefficient (Wildman–Crippen LogP) is 4.76. The number of aliphatic hydroxyl groups is 1. The van der Waals surface area contributed by atoms with Crippen LogP contribution in [-0.4, -0.2) is 25.8 Å². The summed E-state index contributed by atoms with van der Waals surface area (Å²) in [5, 5.41) is 12.1. The Morgan fingerprint density at radius 2 is 2.03 bits per heavy atom. The fourth-order valence-electron chi connectivity index (χ4n) is 4.37. The molecule has 0 spiro atoms. The summed E-state index contributed by atoms with van der Waals surface area (Å²) in [7, 11) is 0. The van der Waals surface area contributed by atoms with Gasteiger partial charge in [-0.3, -0.25) is 4.79 Å². The Morgan fingerprint density at radius 3 is 2.66 bits per heavy atom. The average Bonchev–Trinajstić information content (AvgIpc) is 3.32. The Labute approximate surface area is 191 Å². The molecule has 1 saturated carbocycles. The van der Waals surface area contributed by atoms with Crippen LogP contribution in [0, 0.1) is 13.8 Å². The molecule has 4 aromatic rings. The van der Waals surface area contributed by atoms with Gasteiger partial charge in [-0.1, -0.05) is 18.2 Å². The molecule has 0 amide bonds. The summed E-state index contributed by atoms with van der Waals surface area (Å²) in [4.78, 5) is 18.8. The maximum atomic E-state index is 13.5. The van der Waals surface area contributed by atoms with Crippen LogP contribution in [0.25, 0.3) is 5.69 Å². The van der Waals surface area contributed by atoms with Crippen molar-refractivity contribution >= 4 is 11.3 Å². The second-order valence-electron chi connectivity index (χ2n) is 8.72. The quantitative estimate of drug-likeness (QED) is 0.446. The van der Waals surface area contributed by atoms with E-state index in [1.165, 1.54) is 18.4 Å². The van der Waals surface area contributed by atoms with Gasteiger partial charge in [0.1, 0.15) is 0 Å². The van der Waals surface area contributed by atoms with E-state index in [-0.39, 0.29) is 18.2 Å². The van der Waals surface area contributed by atoms with E-state index in [4.69, 9.17) is 0 Å². The van der Waals surface area contributed by atoms with Gasteiger partial charge in [-0.2, -0.15) is 0 Å². The molecule has 1 aliphatic rings. The number of benzene rings is 1. The normalized spacial score (nSPS) is 14.6. The van der Waals surface area contributed by atoms with Crippen molar-refractivity contribution in [2.45, 2.75) is 45.1 Å². The first-order chi connectivity index (χ1) is 15.5. The molecule has 0 unspecified atom stereocenters. The smallest absolute Gasteiger partial charge is 0.254 e. The zero-order valence-corrected chi connectivity index (χ0v) is 19.2. The summed E-state index contributed by atoms with van der Waals surface area (Å²) in [5.74, 6) is 0.525. The largest absolute Gasteiger partial charge is 0.394 e. The van der Waals surface area contributed by atoms with Gasteiger partial charge in [0.15, 0.2) is 0 Å². The summed E-state index contributed by atoms with van der Waals surface area (Å²) in [6.07, 6.45) is 8.72. The van der Waals surface area contributed by atoms with Crippen LogP contribution in [0.3, 0.4) is 0 Å². The summed E-state index contributed by atoms with van der Waals surface area (Å²) in [6, 6.07) is 12.0. The standard InChI is InChI=1S/C26H27N3O2S/c1-17-10-19(5-8-23(17)28-13-18(2)27-16-28)11-21-12-22(20-6-7-20)14-29(26(21)31)24(15-30)25-4-3-9-32-25/h3-5,8-10,12-14,16,20,24,30H,6-7,11,15H2,1-2H3/t24-/m0/s1. The van der Waals surface area contributed by atoms with E-state index in [2.05, 4.69) is 36.2 Å². The number of hydrogen-bond donors (Lipinski definition) is 1. The number of pyridine rings is 1. The average molecular weight is 446 g/mol. The maximum absolute atomic E-state index is 13.5. The van der Waals surface area contributed by atoms with Crippen LogP contribution in [0.15, 0.2) is 65.3 Å². The Kier molecular flexibility index (Phi) is 5.57. The highest BCUT2D eigenvalue weighted by Gasteiger charge is 2.27. The topological polar surface area (TPSA) is 60.0 Å². The second kappa shape index (κ2) is 8.52. The van der Waals surface area contributed by atoms with Crippen LogP contribution >= 0.6 is 11.3 Å². The van der Waals surface area contributed by atoms with E-state index >= 15 is 0 Å². The molecule has 0 bridgehead atoms. The number of hydrogen-bond acceptors (Lipinski definition) is 4. The maximum Gasteiger partial charge on any atom is 0.254 e. The van der Waals surface area contributed by atoms with Crippen LogP contribution in [-0.2, 0) is 6.42 Å². The van der Waals surface area contributed by atoms with Crippen molar-refractivity contribution in [1.29, 1.82) is 0 Å². The van der Waals surface area contributed by atoms with Gasteiger partial charge >= 0.3 is 0 Å². The Bertz CT molecular complexity index is 1300. The molecule has 5 rings (SSSR count). The second-order valence-corrected chi connectivity index (χ2v) is 9.70. The third-order valence-electron chi connectivity index (χ3n) is 6.21. The Balaban J connectivity index is 1.51. The molecule has 0 radical (unpaired) electrons. The molecule has 164 valence electrons. The number of aromatic nitrogens is 3. The fourth-order valence-corrected chi connectivity index (χ4v) is 5.19. The van der Waals surface area contributed by atoms with Crippen molar-refractivity contribution in [1.82, 2.24) is 14.1 Å². The van der Waals surface area contributed by atoms with Gasteiger partial charge in [-0.15, -0.1) is 11.3 Å². The number of imidazole rings is 1. The third kappa shape index (κ3) is 4.08. The Morgan fingerprint density at radius 1 is 1.19 bits per heavy atom. The van der Waals surface area contributed by atoms with Gasteiger partial charge < -0.3 is 14.2 Å². The number of rotatable bonds is 7. The van der Waals surface area contributed by atoms with Crippen LogP contribution in [0.2, 0.25) is 0 Å². The molecule has 1 N–H and O–H groups in total. The monoisotopic (exact) mass is 445 g/mol. The van der Waals surface area contributed by atoms with E-state index in [9.17, 15) is 9.90 Å². The van der Waals surface area contributed by atoms with E-state index < -0.39 is 0 Å². The van der Waals surface area contributed by atoms with Crippen molar-refractivity contribution in [2.24, 2.45) is 0 Å². The molecule has 0 aliphatic heterocycles. The van der Waals surface area contributed by atoms with Crippen LogP contribution in [0.1, 0.15) is 57.6 Å². The van der Waals surface area contributed by atoms with Gasteiger partial charge in [0.25, 0.3) is 5.56 Å². The molecule has 1 fully saturated rings. The van der Waals surface area contributed by atoms with Crippen molar-refractivity contribution in [3.63, 3.8) is 0 Å². The minimum absolute atomic E-state index is 0.0196. The van der Waals surface area contributed by atoms with Crippen LogP contribution in [0.4, 0.5) is 0 Å². The highest BCUT2D eigenvalue weighted by molar-refractivity contribution is 7.10. The predicted molar refractivity (Wildman–Crippen MR) is 128 cm³/mol. The molecule has 3 heterocycles. The van der Waals surface area contributed by atoms with Crippen molar-refractivity contribution in [2.75, 3.05) is 6.61 Å². The van der Waals surface area contributed by atoms with Gasteiger partial charge in [-0.05, 0) is 72.9 Å². The van der Waals surface area contributed by atoms with E-state index in [0.29, 0.717) is 12.3 Å². The lowest BCUT2D eigenvalue weighted by atomic mass is 10.0. The first kappa shape index (κ1) is 20.9. The SMILES string of the molecule is Cc1cn(-c2ccc(Cc3cc(C4CC4)cn([C@@H](CO)c4cccs4)c3=O)cc2C)cn1. The lowest BCUT2D eigenvalue weighted by Gasteiger charge is -2.19. The molecule has 3 aromatic heterocycles. The molecule has 0 saturated heterocycles. The molecule has 32 heavy (non-hydrogen) atoms. The fraction of sp³-hybridized carbons (Fsp3) is 0.308. The van der Waals surface area contributed by atoms with Gasteiger partial charge in [0.05, 0.1) is 24.7 Å². The van der Waals surface area contributed by atoms with Crippen molar-refractivity contribution in [3.8, 4) is 5.69 Å². The number of nitrogens with zero attached hydrogens (tertiary/aromatic N) is 3. The number of aliphatic hydroxyl groups excluding tert-OH is 1.